The van der Waals surface area contributed by atoms with Crippen LogP contribution in [-0.2, 0) is 10.0 Å². The first-order chi connectivity index (χ1) is 8.82. The molecular formula is C13H19ClN2O2S. The molecule has 0 atom stereocenters. The van der Waals surface area contributed by atoms with E-state index in [4.69, 9.17) is 17.3 Å². The van der Waals surface area contributed by atoms with Gasteiger partial charge < -0.3 is 5.73 Å². The molecule has 1 aliphatic rings. The molecule has 0 radical (unpaired) electrons. The van der Waals surface area contributed by atoms with Crippen molar-refractivity contribution in [3.63, 3.8) is 0 Å². The van der Waals surface area contributed by atoms with E-state index in [1.165, 1.54) is 16.8 Å². The standard InChI is InChI=1S/C13H19ClN2O2S/c1-9-6-11(14)12(15)7-13(9)19(17,18)16(2)8-10-4-3-5-10/h6-7,10H,3-5,8,15H2,1-2H3. The molecule has 0 bridgehead atoms. The Morgan fingerprint density at radius 2 is 2.05 bits per heavy atom. The minimum atomic E-state index is -3.49. The second-order valence-corrected chi connectivity index (χ2v) is 7.64. The number of nitrogen functional groups attached to an aromatic ring is 1. The topological polar surface area (TPSA) is 63.4 Å². The molecule has 0 aliphatic heterocycles. The molecule has 0 aromatic heterocycles. The van der Waals surface area contributed by atoms with Gasteiger partial charge in [0.2, 0.25) is 10.0 Å². The number of anilines is 1. The Labute approximate surface area is 119 Å². The van der Waals surface area contributed by atoms with E-state index in [0.717, 1.165) is 12.8 Å². The van der Waals surface area contributed by atoms with Gasteiger partial charge in [-0.05, 0) is 43.4 Å². The van der Waals surface area contributed by atoms with Crippen LogP contribution in [-0.4, -0.2) is 26.3 Å². The van der Waals surface area contributed by atoms with Crippen LogP contribution in [0.5, 0.6) is 0 Å². The van der Waals surface area contributed by atoms with E-state index < -0.39 is 10.0 Å². The van der Waals surface area contributed by atoms with Gasteiger partial charge in [-0.1, -0.05) is 18.0 Å². The molecule has 4 nitrogen and oxygen atoms in total. The summed E-state index contributed by atoms with van der Waals surface area (Å²) in [7, 11) is -1.86. The van der Waals surface area contributed by atoms with Crippen LogP contribution >= 0.6 is 11.6 Å². The highest BCUT2D eigenvalue weighted by molar-refractivity contribution is 7.89. The summed E-state index contributed by atoms with van der Waals surface area (Å²) in [5, 5.41) is 0.387. The number of nitrogens with zero attached hydrogens (tertiary/aromatic N) is 1. The molecule has 0 unspecified atom stereocenters. The molecular weight excluding hydrogens is 284 g/mol. The van der Waals surface area contributed by atoms with Gasteiger partial charge in [0.1, 0.15) is 0 Å². The van der Waals surface area contributed by atoms with E-state index in [1.807, 2.05) is 0 Å². The molecule has 1 fully saturated rings. The minimum absolute atomic E-state index is 0.247. The highest BCUT2D eigenvalue weighted by atomic mass is 35.5. The smallest absolute Gasteiger partial charge is 0.243 e. The lowest BCUT2D eigenvalue weighted by atomic mass is 9.86. The van der Waals surface area contributed by atoms with Crippen molar-refractivity contribution in [3.05, 3.63) is 22.7 Å². The molecule has 0 saturated heterocycles. The number of hydrogen-bond acceptors (Lipinski definition) is 3. The lowest BCUT2D eigenvalue weighted by molar-refractivity contribution is 0.263. The second kappa shape index (κ2) is 5.31. The summed E-state index contributed by atoms with van der Waals surface area (Å²) in [6, 6.07) is 3.05. The van der Waals surface area contributed by atoms with E-state index in [9.17, 15) is 8.42 Å². The van der Waals surface area contributed by atoms with Crippen molar-refractivity contribution in [2.24, 2.45) is 5.92 Å². The Hall–Kier alpha value is -0.780. The summed E-state index contributed by atoms with van der Waals surface area (Å²) in [5.74, 6) is 0.490. The molecule has 106 valence electrons. The fourth-order valence-corrected chi connectivity index (χ4v) is 3.95. The van der Waals surface area contributed by atoms with E-state index in [-0.39, 0.29) is 4.90 Å². The Balaban J connectivity index is 2.30. The summed E-state index contributed by atoms with van der Waals surface area (Å²) in [5.41, 5.74) is 6.63. The third-order valence-corrected chi connectivity index (χ3v) is 6.02. The first-order valence-corrected chi connectivity index (χ1v) is 8.16. The molecule has 0 spiro atoms. The Morgan fingerprint density at radius 3 is 2.58 bits per heavy atom. The van der Waals surface area contributed by atoms with Crippen LogP contribution in [0.15, 0.2) is 17.0 Å². The molecule has 1 aliphatic carbocycles. The van der Waals surface area contributed by atoms with E-state index in [0.29, 0.717) is 28.7 Å². The molecule has 1 aromatic rings. The summed E-state index contributed by atoms with van der Waals surface area (Å²) < 4.78 is 26.5. The van der Waals surface area contributed by atoms with E-state index in [2.05, 4.69) is 0 Å². The van der Waals surface area contributed by atoms with Crippen LogP contribution < -0.4 is 5.73 Å². The van der Waals surface area contributed by atoms with Crippen molar-refractivity contribution in [1.82, 2.24) is 4.31 Å². The van der Waals surface area contributed by atoms with Crippen molar-refractivity contribution >= 4 is 27.3 Å². The average molecular weight is 303 g/mol. The third kappa shape index (κ3) is 2.88. The van der Waals surface area contributed by atoms with Gasteiger partial charge in [0.05, 0.1) is 15.6 Å². The zero-order chi connectivity index (χ0) is 14.2. The van der Waals surface area contributed by atoms with Crippen LogP contribution in [0, 0.1) is 12.8 Å². The summed E-state index contributed by atoms with van der Waals surface area (Å²) in [6.45, 7) is 2.31. The largest absolute Gasteiger partial charge is 0.397 e. The molecule has 2 rings (SSSR count). The van der Waals surface area contributed by atoms with E-state index >= 15 is 0 Å². The summed E-state index contributed by atoms with van der Waals surface area (Å²) in [6.07, 6.45) is 3.43. The zero-order valence-electron chi connectivity index (χ0n) is 11.2. The maximum Gasteiger partial charge on any atom is 0.243 e. The summed E-state index contributed by atoms with van der Waals surface area (Å²) in [4.78, 5) is 0.247. The predicted octanol–water partition coefficient (Wildman–Crippen LogP) is 2.65. The normalized spacial score (nSPS) is 16.6. The first-order valence-electron chi connectivity index (χ1n) is 6.34. The Kier molecular flexibility index (Phi) is 4.08. The number of hydrogen-bond donors (Lipinski definition) is 1. The van der Waals surface area contributed by atoms with Gasteiger partial charge in [-0.15, -0.1) is 0 Å². The van der Waals surface area contributed by atoms with Gasteiger partial charge in [-0.25, -0.2) is 12.7 Å². The van der Waals surface area contributed by atoms with Crippen LogP contribution in [0.3, 0.4) is 0 Å². The first kappa shape index (κ1) is 14.6. The molecule has 19 heavy (non-hydrogen) atoms. The number of sulfonamides is 1. The molecule has 0 heterocycles. The summed E-state index contributed by atoms with van der Waals surface area (Å²) >= 11 is 5.90. The van der Waals surface area contributed by atoms with Gasteiger partial charge in [-0.2, -0.15) is 0 Å². The molecule has 1 aromatic carbocycles. The average Bonchev–Trinajstić information content (AvgIpc) is 2.27. The van der Waals surface area contributed by atoms with Gasteiger partial charge in [0.15, 0.2) is 0 Å². The van der Waals surface area contributed by atoms with Gasteiger partial charge in [0, 0.05) is 13.6 Å². The number of halogens is 1. The molecule has 6 heteroatoms. The van der Waals surface area contributed by atoms with Crippen LogP contribution in [0.25, 0.3) is 0 Å². The number of aryl methyl sites for hydroxylation is 1. The van der Waals surface area contributed by atoms with Crippen molar-refractivity contribution in [2.45, 2.75) is 31.1 Å². The van der Waals surface area contributed by atoms with Gasteiger partial charge in [0.25, 0.3) is 0 Å². The van der Waals surface area contributed by atoms with Crippen molar-refractivity contribution in [1.29, 1.82) is 0 Å². The number of nitrogens with two attached hydrogens (primary N) is 1. The van der Waals surface area contributed by atoms with Crippen molar-refractivity contribution in [3.8, 4) is 0 Å². The lowest BCUT2D eigenvalue weighted by Crippen LogP contribution is -2.34. The van der Waals surface area contributed by atoms with Crippen LogP contribution in [0.2, 0.25) is 5.02 Å². The molecule has 2 N–H and O–H groups in total. The lowest BCUT2D eigenvalue weighted by Gasteiger charge is -2.30. The van der Waals surface area contributed by atoms with Gasteiger partial charge in [-0.3, -0.25) is 0 Å². The maximum absolute atomic E-state index is 12.5. The fraction of sp³-hybridized carbons (Fsp3) is 0.538. The monoisotopic (exact) mass is 302 g/mol. The van der Waals surface area contributed by atoms with Crippen molar-refractivity contribution < 1.29 is 8.42 Å². The van der Waals surface area contributed by atoms with Gasteiger partial charge >= 0.3 is 0 Å². The third-order valence-electron chi connectivity index (χ3n) is 3.72. The van der Waals surface area contributed by atoms with Crippen LogP contribution in [0.4, 0.5) is 5.69 Å². The SMILES string of the molecule is Cc1cc(Cl)c(N)cc1S(=O)(=O)N(C)CC1CCC1. The maximum atomic E-state index is 12.5. The Morgan fingerprint density at radius 1 is 1.42 bits per heavy atom. The molecule has 1 saturated carbocycles. The minimum Gasteiger partial charge on any atom is -0.397 e. The van der Waals surface area contributed by atoms with Crippen molar-refractivity contribution in [2.75, 3.05) is 19.3 Å². The highest BCUT2D eigenvalue weighted by Gasteiger charge is 2.28. The quantitative estimate of drug-likeness (QED) is 0.870. The molecule has 0 amide bonds. The second-order valence-electron chi connectivity index (χ2n) is 5.22. The zero-order valence-corrected chi connectivity index (χ0v) is 12.8. The fourth-order valence-electron chi connectivity index (χ4n) is 2.25. The predicted molar refractivity (Wildman–Crippen MR) is 77.8 cm³/mol. The number of benzene rings is 1. The Bertz CT molecular complexity index is 583. The number of rotatable bonds is 4. The highest BCUT2D eigenvalue weighted by Crippen LogP contribution is 2.31. The van der Waals surface area contributed by atoms with Crippen LogP contribution in [0.1, 0.15) is 24.8 Å². The van der Waals surface area contributed by atoms with E-state index in [1.54, 1.807) is 20.0 Å².